The maximum Gasteiger partial charge on any atom is 0.252 e. The van der Waals surface area contributed by atoms with Crippen LogP contribution in [0.1, 0.15) is 32.2 Å². The first-order chi connectivity index (χ1) is 9.39. The maximum absolute atomic E-state index is 8.80. The van der Waals surface area contributed by atoms with Gasteiger partial charge in [0.15, 0.2) is 0 Å². The molecule has 0 radical (unpaired) electrons. The van der Waals surface area contributed by atoms with E-state index in [0.717, 1.165) is 11.3 Å². The van der Waals surface area contributed by atoms with Crippen LogP contribution < -0.4 is 5.32 Å². The molecule has 0 atom stereocenters. The molecule has 104 valence electrons. The number of nitrogens with one attached hydrogen (secondary N) is 1. The highest BCUT2D eigenvalue weighted by Crippen LogP contribution is 2.20. The van der Waals surface area contributed by atoms with Gasteiger partial charge in [-0.1, -0.05) is 11.6 Å². The van der Waals surface area contributed by atoms with E-state index in [1.165, 1.54) is 6.33 Å². The molecule has 6 heteroatoms. The molecular weight excluding hydrogens is 274 g/mol. The minimum absolute atomic E-state index is 0.000230. The Labute approximate surface area is 123 Å². The number of hydrogen-bond donors (Lipinski definition) is 1. The van der Waals surface area contributed by atoms with E-state index in [0.29, 0.717) is 11.6 Å². The van der Waals surface area contributed by atoms with Crippen LogP contribution in [0.4, 0.5) is 0 Å². The number of rotatable bonds is 3. The Morgan fingerprint density at radius 3 is 2.75 bits per heavy atom. The summed E-state index contributed by atoms with van der Waals surface area (Å²) in [4.78, 5) is 3.92. The normalized spacial score (nSPS) is 11.3. The quantitative estimate of drug-likeness (QED) is 0.943. The van der Waals surface area contributed by atoms with Crippen LogP contribution in [0.5, 0.6) is 0 Å². The molecule has 0 saturated heterocycles. The van der Waals surface area contributed by atoms with Crippen molar-refractivity contribution in [3.05, 3.63) is 40.9 Å². The van der Waals surface area contributed by atoms with E-state index < -0.39 is 0 Å². The lowest BCUT2D eigenvalue weighted by atomic mass is 10.1. The maximum atomic E-state index is 8.80. The molecule has 0 saturated carbocycles. The van der Waals surface area contributed by atoms with Gasteiger partial charge in [-0.2, -0.15) is 5.26 Å². The van der Waals surface area contributed by atoms with E-state index in [1.54, 1.807) is 10.7 Å². The van der Waals surface area contributed by atoms with Gasteiger partial charge in [0.05, 0.1) is 5.69 Å². The predicted molar refractivity (Wildman–Crippen MR) is 77.7 cm³/mol. The second-order valence-corrected chi connectivity index (χ2v) is 5.94. The first-order valence-electron chi connectivity index (χ1n) is 6.24. The number of nitrogens with zero attached hydrogens (tertiary/aromatic N) is 4. The third-order valence-corrected chi connectivity index (χ3v) is 2.92. The van der Waals surface area contributed by atoms with Crippen LogP contribution in [0.15, 0.2) is 24.5 Å². The molecule has 0 aliphatic carbocycles. The van der Waals surface area contributed by atoms with Crippen LogP contribution in [0, 0.1) is 11.3 Å². The monoisotopic (exact) mass is 289 g/mol. The summed E-state index contributed by atoms with van der Waals surface area (Å²) in [7, 11) is 0. The van der Waals surface area contributed by atoms with Gasteiger partial charge in [0.2, 0.25) is 0 Å². The molecule has 1 N–H and O–H groups in total. The van der Waals surface area contributed by atoms with E-state index in [1.807, 2.05) is 18.2 Å². The predicted octanol–water partition coefficient (Wildman–Crippen LogP) is 2.68. The van der Waals surface area contributed by atoms with Crippen LogP contribution in [0.25, 0.3) is 5.69 Å². The highest BCUT2D eigenvalue weighted by molar-refractivity contribution is 6.30. The summed E-state index contributed by atoms with van der Waals surface area (Å²) in [6.45, 7) is 6.95. The number of hydrogen-bond acceptors (Lipinski definition) is 4. The van der Waals surface area contributed by atoms with Gasteiger partial charge in [-0.05, 0) is 44.5 Å². The minimum atomic E-state index is -0.000230. The molecule has 0 unspecified atom stereocenters. The summed E-state index contributed by atoms with van der Waals surface area (Å²) in [5, 5.41) is 17.0. The molecule has 1 aromatic carbocycles. The van der Waals surface area contributed by atoms with Crippen molar-refractivity contribution in [3.8, 4) is 11.8 Å². The van der Waals surface area contributed by atoms with Crippen LogP contribution in [-0.4, -0.2) is 20.3 Å². The number of benzene rings is 1. The van der Waals surface area contributed by atoms with Crippen molar-refractivity contribution in [1.82, 2.24) is 20.1 Å². The van der Waals surface area contributed by atoms with Gasteiger partial charge in [-0.3, -0.25) is 0 Å². The standard InChI is InChI=1S/C14H16ClN5/c1-14(2,3)18-8-10-6-11(15)4-5-12(10)20-9-17-13(7-16)19-20/h4-6,9,18H,8H2,1-3H3. The van der Waals surface area contributed by atoms with Crippen molar-refractivity contribution in [1.29, 1.82) is 5.26 Å². The van der Waals surface area contributed by atoms with Crippen molar-refractivity contribution < 1.29 is 0 Å². The van der Waals surface area contributed by atoms with Gasteiger partial charge in [0.1, 0.15) is 12.4 Å². The van der Waals surface area contributed by atoms with Crippen molar-refractivity contribution in [3.63, 3.8) is 0 Å². The Balaban J connectivity index is 2.35. The second-order valence-electron chi connectivity index (χ2n) is 5.50. The average molecular weight is 290 g/mol. The number of halogens is 1. The molecule has 1 aromatic heterocycles. The first-order valence-corrected chi connectivity index (χ1v) is 6.62. The Bertz CT molecular complexity index is 648. The Morgan fingerprint density at radius 1 is 1.40 bits per heavy atom. The summed E-state index contributed by atoms with van der Waals surface area (Å²) < 4.78 is 1.59. The highest BCUT2D eigenvalue weighted by atomic mass is 35.5. The van der Waals surface area contributed by atoms with Crippen molar-refractivity contribution in [2.75, 3.05) is 0 Å². The molecule has 0 aliphatic rings. The third-order valence-electron chi connectivity index (χ3n) is 2.69. The molecule has 0 fully saturated rings. The van der Waals surface area contributed by atoms with Crippen LogP contribution in [0.3, 0.4) is 0 Å². The first kappa shape index (κ1) is 14.5. The Kier molecular flexibility index (Phi) is 4.07. The van der Waals surface area contributed by atoms with Crippen molar-refractivity contribution in [2.45, 2.75) is 32.9 Å². The third kappa shape index (κ3) is 3.56. The average Bonchev–Trinajstić information content (AvgIpc) is 2.84. The fourth-order valence-corrected chi connectivity index (χ4v) is 1.90. The lowest BCUT2D eigenvalue weighted by Gasteiger charge is -2.21. The molecule has 20 heavy (non-hydrogen) atoms. The number of nitriles is 1. The van der Waals surface area contributed by atoms with Gasteiger partial charge in [0, 0.05) is 17.1 Å². The summed E-state index contributed by atoms with van der Waals surface area (Å²) in [6.07, 6.45) is 1.53. The van der Waals surface area contributed by atoms with Gasteiger partial charge < -0.3 is 5.32 Å². The van der Waals surface area contributed by atoms with Crippen LogP contribution in [0.2, 0.25) is 5.02 Å². The molecule has 2 rings (SSSR count). The summed E-state index contributed by atoms with van der Waals surface area (Å²) in [6, 6.07) is 7.48. The summed E-state index contributed by atoms with van der Waals surface area (Å²) in [5.74, 6) is 0.148. The van der Waals surface area contributed by atoms with Crippen molar-refractivity contribution >= 4 is 11.6 Å². The highest BCUT2D eigenvalue weighted by Gasteiger charge is 2.12. The van der Waals surface area contributed by atoms with E-state index in [-0.39, 0.29) is 11.4 Å². The SMILES string of the molecule is CC(C)(C)NCc1cc(Cl)ccc1-n1cnc(C#N)n1. The molecule has 0 amide bonds. The zero-order valence-corrected chi connectivity index (χ0v) is 12.4. The zero-order chi connectivity index (χ0) is 14.8. The molecular formula is C14H16ClN5. The molecule has 5 nitrogen and oxygen atoms in total. The van der Waals surface area contributed by atoms with E-state index in [2.05, 4.69) is 36.2 Å². The Hall–Kier alpha value is -1.90. The summed E-state index contributed by atoms with van der Waals surface area (Å²) in [5.41, 5.74) is 1.86. The topological polar surface area (TPSA) is 66.5 Å². The zero-order valence-electron chi connectivity index (χ0n) is 11.7. The van der Waals surface area contributed by atoms with E-state index in [4.69, 9.17) is 16.9 Å². The van der Waals surface area contributed by atoms with Gasteiger partial charge >= 0.3 is 0 Å². The molecule has 2 aromatic rings. The Morgan fingerprint density at radius 2 is 2.15 bits per heavy atom. The van der Waals surface area contributed by atoms with Crippen LogP contribution in [-0.2, 0) is 6.54 Å². The van der Waals surface area contributed by atoms with Gasteiger partial charge in [-0.15, -0.1) is 5.10 Å². The molecule has 0 spiro atoms. The van der Waals surface area contributed by atoms with Gasteiger partial charge in [0.25, 0.3) is 5.82 Å². The molecule has 0 bridgehead atoms. The second kappa shape index (κ2) is 5.61. The fourth-order valence-electron chi connectivity index (χ4n) is 1.71. The fraction of sp³-hybridized carbons (Fsp3) is 0.357. The van der Waals surface area contributed by atoms with Crippen LogP contribution >= 0.6 is 11.6 Å². The largest absolute Gasteiger partial charge is 0.308 e. The molecule has 0 aliphatic heterocycles. The number of aromatic nitrogens is 3. The molecule has 1 heterocycles. The lowest BCUT2D eigenvalue weighted by Crippen LogP contribution is -2.35. The lowest BCUT2D eigenvalue weighted by molar-refractivity contribution is 0.424. The van der Waals surface area contributed by atoms with E-state index in [9.17, 15) is 0 Å². The summed E-state index contributed by atoms with van der Waals surface area (Å²) >= 11 is 6.06. The smallest absolute Gasteiger partial charge is 0.252 e. The van der Waals surface area contributed by atoms with Gasteiger partial charge in [-0.25, -0.2) is 9.67 Å². The van der Waals surface area contributed by atoms with Crippen molar-refractivity contribution in [2.24, 2.45) is 0 Å². The minimum Gasteiger partial charge on any atom is -0.308 e. The van der Waals surface area contributed by atoms with E-state index >= 15 is 0 Å².